The molecule has 14 heavy (non-hydrogen) atoms. The second-order valence-corrected chi connectivity index (χ2v) is 4.31. The first-order chi connectivity index (χ1) is 6.83. The van der Waals surface area contributed by atoms with Crippen LogP contribution >= 0.6 is 0 Å². The summed E-state index contributed by atoms with van der Waals surface area (Å²) in [7, 11) is 1.74. The minimum Gasteiger partial charge on any atom is -0.383 e. The summed E-state index contributed by atoms with van der Waals surface area (Å²) in [5.74, 6) is 0.925. The van der Waals surface area contributed by atoms with Crippen molar-refractivity contribution >= 4 is 0 Å². The van der Waals surface area contributed by atoms with Crippen molar-refractivity contribution in [2.45, 2.75) is 32.2 Å². The maximum atomic E-state index is 4.95. The van der Waals surface area contributed by atoms with Gasteiger partial charge in [-0.2, -0.15) is 0 Å². The van der Waals surface area contributed by atoms with E-state index >= 15 is 0 Å². The van der Waals surface area contributed by atoms with Crippen LogP contribution in [0.4, 0.5) is 0 Å². The minimum atomic E-state index is 0.772. The summed E-state index contributed by atoms with van der Waals surface area (Å²) in [6.07, 6.45) is 4.12. The van der Waals surface area contributed by atoms with Crippen LogP contribution in [0.15, 0.2) is 0 Å². The van der Waals surface area contributed by atoms with Crippen LogP contribution < -0.4 is 10.6 Å². The van der Waals surface area contributed by atoms with E-state index in [-0.39, 0.29) is 0 Å². The molecule has 1 rings (SSSR count). The van der Waals surface area contributed by atoms with Crippen molar-refractivity contribution in [2.24, 2.45) is 5.92 Å². The number of nitrogens with one attached hydrogen (secondary N) is 2. The molecule has 0 spiro atoms. The zero-order valence-electron chi connectivity index (χ0n) is 9.51. The van der Waals surface area contributed by atoms with Crippen molar-refractivity contribution in [3.05, 3.63) is 0 Å². The lowest BCUT2D eigenvalue weighted by atomic mass is 10.1. The Morgan fingerprint density at radius 3 is 2.71 bits per heavy atom. The van der Waals surface area contributed by atoms with E-state index < -0.39 is 0 Å². The molecule has 0 aromatic heterocycles. The molecule has 1 saturated carbocycles. The van der Waals surface area contributed by atoms with Crippen LogP contribution in [0.2, 0.25) is 0 Å². The van der Waals surface area contributed by atoms with Gasteiger partial charge in [0, 0.05) is 32.8 Å². The van der Waals surface area contributed by atoms with Gasteiger partial charge in [-0.3, -0.25) is 0 Å². The highest BCUT2D eigenvalue weighted by atomic mass is 16.5. The van der Waals surface area contributed by atoms with Crippen LogP contribution in [0, 0.1) is 5.92 Å². The highest BCUT2D eigenvalue weighted by Gasteiger charge is 2.19. The Labute approximate surface area is 87.6 Å². The van der Waals surface area contributed by atoms with Gasteiger partial charge in [-0.05, 0) is 25.2 Å². The van der Waals surface area contributed by atoms with Gasteiger partial charge in [0.05, 0.1) is 6.61 Å². The molecule has 1 fully saturated rings. The fourth-order valence-corrected chi connectivity index (χ4v) is 2.06. The summed E-state index contributed by atoms with van der Waals surface area (Å²) in [6.45, 7) is 6.24. The highest BCUT2D eigenvalue weighted by molar-refractivity contribution is 4.78. The lowest BCUT2D eigenvalue weighted by Crippen LogP contribution is -2.34. The number of hydrogen-bond acceptors (Lipinski definition) is 3. The number of ether oxygens (including phenoxy) is 1. The van der Waals surface area contributed by atoms with Crippen LogP contribution in [0.1, 0.15) is 26.2 Å². The van der Waals surface area contributed by atoms with Gasteiger partial charge in [-0.15, -0.1) is 0 Å². The topological polar surface area (TPSA) is 33.3 Å². The zero-order chi connectivity index (χ0) is 10.2. The molecule has 1 aliphatic carbocycles. The Morgan fingerprint density at radius 2 is 2.07 bits per heavy atom. The van der Waals surface area contributed by atoms with Gasteiger partial charge in [0.1, 0.15) is 0 Å². The molecule has 84 valence electrons. The Morgan fingerprint density at radius 1 is 1.21 bits per heavy atom. The molecule has 0 aromatic rings. The normalized spacial score (nSPS) is 27.0. The van der Waals surface area contributed by atoms with Gasteiger partial charge < -0.3 is 15.4 Å². The molecule has 0 amide bonds. The maximum absolute atomic E-state index is 4.95. The highest BCUT2D eigenvalue weighted by Crippen LogP contribution is 2.24. The predicted molar refractivity (Wildman–Crippen MR) is 59.6 cm³/mol. The summed E-state index contributed by atoms with van der Waals surface area (Å²) in [6, 6.07) is 0.772. The lowest BCUT2D eigenvalue weighted by molar-refractivity contribution is 0.199. The summed E-state index contributed by atoms with van der Waals surface area (Å²) in [4.78, 5) is 0. The molecule has 0 aliphatic heterocycles. The molecule has 2 unspecified atom stereocenters. The Bertz CT molecular complexity index is 141. The fraction of sp³-hybridized carbons (Fsp3) is 1.00. The smallest absolute Gasteiger partial charge is 0.0587 e. The molecule has 0 radical (unpaired) electrons. The Balaban J connectivity index is 1.84. The largest absolute Gasteiger partial charge is 0.383 e. The van der Waals surface area contributed by atoms with Crippen molar-refractivity contribution in [1.29, 1.82) is 0 Å². The number of methoxy groups -OCH3 is 1. The zero-order valence-corrected chi connectivity index (χ0v) is 9.51. The van der Waals surface area contributed by atoms with Crippen LogP contribution in [-0.2, 0) is 4.74 Å². The van der Waals surface area contributed by atoms with Crippen LogP contribution in [0.5, 0.6) is 0 Å². The fourth-order valence-electron chi connectivity index (χ4n) is 2.06. The molecular formula is C11H24N2O. The number of hydrogen-bond donors (Lipinski definition) is 2. The molecule has 2 atom stereocenters. The molecule has 0 heterocycles. The quantitative estimate of drug-likeness (QED) is 0.602. The first-order valence-electron chi connectivity index (χ1n) is 5.76. The predicted octanol–water partition coefficient (Wildman–Crippen LogP) is 1.00. The molecule has 3 heteroatoms. The van der Waals surface area contributed by atoms with E-state index in [1.807, 2.05) is 0 Å². The van der Waals surface area contributed by atoms with Gasteiger partial charge in [-0.25, -0.2) is 0 Å². The second-order valence-electron chi connectivity index (χ2n) is 4.31. The second kappa shape index (κ2) is 7.21. The molecule has 0 aromatic carbocycles. The molecule has 2 N–H and O–H groups in total. The third-order valence-corrected chi connectivity index (χ3v) is 2.91. The monoisotopic (exact) mass is 200 g/mol. The molecule has 1 aliphatic rings. The van der Waals surface area contributed by atoms with Crippen molar-refractivity contribution in [3.8, 4) is 0 Å². The molecule has 0 saturated heterocycles. The van der Waals surface area contributed by atoms with Crippen molar-refractivity contribution in [3.63, 3.8) is 0 Å². The van der Waals surface area contributed by atoms with Crippen molar-refractivity contribution in [2.75, 3.05) is 33.4 Å². The van der Waals surface area contributed by atoms with Crippen LogP contribution in [0.3, 0.4) is 0 Å². The Kier molecular flexibility index (Phi) is 6.15. The summed E-state index contributed by atoms with van der Waals surface area (Å²) < 4.78 is 4.95. The van der Waals surface area contributed by atoms with E-state index in [0.29, 0.717) is 0 Å². The van der Waals surface area contributed by atoms with Crippen molar-refractivity contribution < 1.29 is 4.74 Å². The minimum absolute atomic E-state index is 0.772. The standard InChI is InChI=1S/C11H24N2O/c1-10-3-4-11(9-10)13-6-5-12-7-8-14-2/h10-13H,3-9H2,1-2H3. The first-order valence-corrected chi connectivity index (χ1v) is 5.76. The molecule has 0 bridgehead atoms. The molecular weight excluding hydrogens is 176 g/mol. The van der Waals surface area contributed by atoms with E-state index in [0.717, 1.165) is 38.2 Å². The average Bonchev–Trinajstić information content (AvgIpc) is 2.58. The van der Waals surface area contributed by atoms with E-state index in [9.17, 15) is 0 Å². The van der Waals surface area contributed by atoms with Crippen molar-refractivity contribution in [1.82, 2.24) is 10.6 Å². The average molecular weight is 200 g/mol. The summed E-state index contributed by atoms with van der Waals surface area (Å²) in [5, 5.41) is 6.92. The summed E-state index contributed by atoms with van der Waals surface area (Å²) in [5.41, 5.74) is 0. The SMILES string of the molecule is COCCNCCNC1CCC(C)C1. The Hall–Kier alpha value is -0.120. The molecule has 3 nitrogen and oxygen atoms in total. The van der Waals surface area contributed by atoms with Crippen LogP contribution in [0.25, 0.3) is 0 Å². The third-order valence-electron chi connectivity index (χ3n) is 2.91. The first kappa shape index (κ1) is 12.0. The van der Waals surface area contributed by atoms with E-state index in [1.165, 1.54) is 19.3 Å². The van der Waals surface area contributed by atoms with E-state index in [1.54, 1.807) is 7.11 Å². The lowest BCUT2D eigenvalue weighted by Gasteiger charge is -2.12. The van der Waals surface area contributed by atoms with Gasteiger partial charge in [0.25, 0.3) is 0 Å². The van der Waals surface area contributed by atoms with Crippen LogP contribution in [-0.4, -0.2) is 39.4 Å². The third kappa shape index (κ3) is 4.94. The maximum Gasteiger partial charge on any atom is 0.0587 e. The van der Waals surface area contributed by atoms with E-state index in [2.05, 4.69) is 17.6 Å². The van der Waals surface area contributed by atoms with E-state index in [4.69, 9.17) is 4.74 Å². The summed E-state index contributed by atoms with van der Waals surface area (Å²) >= 11 is 0. The van der Waals surface area contributed by atoms with Gasteiger partial charge in [0.2, 0.25) is 0 Å². The van der Waals surface area contributed by atoms with Gasteiger partial charge >= 0.3 is 0 Å². The van der Waals surface area contributed by atoms with Gasteiger partial charge in [0.15, 0.2) is 0 Å². The van der Waals surface area contributed by atoms with Gasteiger partial charge in [-0.1, -0.05) is 6.92 Å². The number of rotatable bonds is 7.